The molecule has 0 saturated carbocycles. The molecule has 0 spiro atoms. The molecule has 3 rings (SSSR count). The minimum absolute atomic E-state index is 0.00857. The molecule has 0 unspecified atom stereocenters. The molecule has 3 aromatic carbocycles. The zero-order chi connectivity index (χ0) is 17.8. The Morgan fingerprint density at radius 2 is 1.84 bits per heavy atom. The molecular formula is C19H14ClNO4. The maximum Gasteiger partial charge on any atom is 0.339 e. The lowest BCUT2D eigenvalue weighted by molar-refractivity contribution is -0.118. The second-order valence-electron chi connectivity index (χ2n) is 5.32. The zero-order valence-electron chi connectivity index (χ0n) is 13.0. The Morgan fingerprint density at radius 1 is 1.04 bits per heavy atom. The lowest BCUT2D eigenvalue weighted by Crippen LogP contribution is -2.21. The minimum atomic E-state index is -1.11. The topological polar surface area (TPSA) is 75.6 Å². The summed E-state index contributed by atoms with van der Waals surface area (Å²) in [5, 5.41) is 14.0. The largest absolute Gasteiger partial charge is 0.482 e. The van der Waals surface area contributed by atoms with Crippen LogP contribution >= 0.6 is 11.6 Å². The van der Waals surface area contributed by atoms with E-state index in [-0.39, 0.29) is 17.9 Å². The molecule has 5 nitrogen and oxygen atoms in total. The second-order valence-corrected chi connectivity index (χ2v) is 5.75. The highest BCUT2D eigenvalue weighted by Crippen LogP contribution is 2.30. The van der Waals surface area contributed by atoms with Crippen LogP contribution < -0.4 is 10.1 Å². The van der Waals surface area contributed by atoms with Gasteiger partial charge in [-0.05, 0) is 29.7 Å². The number of carboxylic acid groups (broad SMARTS) is 1. The number of hydrogen-bond acceptors (Lipinski definition) is 3. The smallest absolute Gasteiger partial charge is 0.339 e. The zero-order valence-corrected chi connectivity index (χ0v) is 13.8. The molecular weight excluding hydrogens is 342 g/mol. The van der Waals surface area contributed by atoms with Crippen LogP contribution in [0.1, 0.15) is 10.4 Å². The van der Waals surface area contributed by atoms with Gasteiger partial charge in [0.15, 0.2) is 6.61 Å². The predicted octanol–water partition coefficient (Wildman–Crippen LogP) is 4.21. The first kappa shape index (κ1) is 16.8. The highest BCUT2D eigenvalue weighted by Gasteiger charge is 2.16. The summed E-state index contributed by atoms with van der Waals surface area (Å²) in [6, 6.07) is 17.1. The Kier molecular flexibility index (Phi) is 4.86. The fourth-order valence-corrected chi connectivity index (χ4v) is 2.66. The number of carbonyl (C=O) groups excluding carboxylic acids is 1. The number of amides is 1. The SMILES string of the molecule is O=C(COc1c(C(=O)O)ccc2ccccc12)Nc1cccc(Cl)c1. The average Bonchev–Trinajstić information content (AvgIpc) is 2.59. The number of halogens is 1. The molecule has 0 atom stereocenters. The summed E-state index contributed by atoms with van der Waals surface area (Å²) in [6.07, 6.45) is 0. The summed E-state index contributed by atoms with van der Waals surface area (Å²) in [7, 11) is 0. The van der Waals surface area contributed by atoms with Crippen molar-refractivity contribution in [2.75, 3.05) is 11.9 Å². The van der Waals surface area contributed by atoms with E-state index in [0.717, 1.165) is 5.39 Å². The first-order valence-electron chi connectivity index (χ1n) is 7.48. The lowest BCUT2D eigenvalue weighted by atomic mass is 10.1. The number of carbonyl (C=O) groups is 2. The molecule has 0 radical (unpaired) electrons. The van der Waals surface area contributed by atoms with E-state index in [1.165, 1.54) is 6.07 Å². The van der Waals surface area contributed by atoms with Crippen molar-refractivity contribution >= 4 is 39.9 Å². The number of fused-ring (bicyclic) bond motifs is 1. The van der Waals surface area contributed by atoms with Crippen molar-refractivity contribution in [1.82, 2.24) is 0 Å². The van der Waals surface area contributed by atoms with Crippen LogP contribution in [0.2, 0.25) is 5.02 Å². The van der Waals surface area contributed by atoms with Gasteiger partial charge in [0.2, 0.25) is 0 Å². The van der Waals surface area contributed by atoms with Crippen molar-refractivity contribution in [2.45, 2.75) is 0 Å². The molecule has 0 heterocycles. The fourth-order valence-electron chi connectivity index (χ4n) is 2.47. The third-order valence-corrected chi connectivity index (χ3v) is 3.80. The number of anilines is 1. The Bertz CT molecular complexity index is 955. The van der Waals surface area contributed by atoms with Crippen LogP contribution in [0.15, 0.2) is 60.7 Å². The number of rotatable bonds is 5. The van der Waals surface area contributed by atoms with Gasteiger partial charge >= 0.3 is 5.97 Å². The van der Waals surface area contributed by atoms with Crippen LogP contribution in [-0.4, -0.2) is 23.6 Å². The molecule has 0 bridgehead atoms. The molecule has 0 aliphatic carbocycles. The summed E-state index contributed by atoms with van der Waals surface area (Å²) in [4.78, 5) is 23.5. The molecule has 25 heavy (non-hydrogen) atoms. The van der Waals surface area contributed by atoms with Gasteiger partial charge < -0.3 is 15.2 Å². The van der Waals surface area contributed by atoms with E-state index in [0.29, 0.717) is 16.1 Å². The Morgan fingerprint density at radius 3 is 2.60 bits per heavy atom. The van der Waals surface area contributed by atoms with E-state index < -0.39 is 11.9 Å². The van der Waals surface area contributed by atoms with Crippen LogP contribution in [0.3, 0.4) is 0 Å². The van der Waals surface area contributed by atoms with E-state index in [4.69, 9.17) is 16.3 Å². The molecule has 0 aliphatic heterocycles. The molecule has 0 aromatic heterocycles. The van der Waals surface area contributed by atoms with Gasteiger partial charge in [-0.1, -0.05) is 48.0 Å². The number of ether oxygens (including phenoxy) is 1. The third kappa shape index (κ3) is 3.89. The number of hydrogen-bond donors (Lipinski definition) is 2. The number of aromatic carboxylic acids is 1. The van der Waals surface area contributed by atoms with Gasteiger partial charge in [-0.3, -0.25) is 4.79 Å². The van der Waals surface area contributed by atoms with Crippen molar-refractivity contribution in [3.8, 4) is 5.75 Å². The van der Waals surface area contributed by atoms with Crippen LogP contribution in [0.4, 0.5) is 5.69 Å². The van der Waals surface area contributed by atoms with Gasteiger partial charge in [0.1, 0.15) is 11.3 Å². The number of nitrogens with one attached hydrogen (secondary N) is 1. The molecule has 2 N–H and O–H groups in total. The lowest BCUT2D eigenvalue weighted by Gasteiger charge is -2.12. The summed E-state index contributed by atoms with van der Waals surface area (Å²) < 4.78 is 5.55. The minimum Gasteiger partial charge on any atom is -0.482 e. The molecule has 126 valence electrons. The Hall–Kier alpha value is -3.05. The number of benzene rings is 3. The highest BCUT2D eigenvalue weighted by molar-refractivity contribution is 6.30. The predicted molar refractivity (Wildman–Crippen MR) is 96.5 cm³/mol. The van der Waals surface area contributed by atoms with E-state index in [1.807, 2.05) is 12.1 Å². The first-order chi connectivity index (χ1) is 12.0. The maximum atomic E-state index is 12.1. The van der Waals surface area contributed by atoms with E-state index in [9.17, 15) is 14.7 Å². The van der Waals surface area contributed by atoms with E-state index in [1.54, 1.807) is 42.5 Å². The summed E-state index contributed by atoms with van der Waals surface area (Å²) in [5.41, 5.74) is 0.548. The van der Waals surface area contributed by atoms with Crippen molar-refractivity contribution in [2.24, 2.45) is 0 Å². The molecule has 0 aliphatic rings. The van der Waals surface area contributed by atoms with Gasteiger partial charge in [0, 0.05) is 16.1 Å². The third-order valence-electron chi connectivity index (χ3n) is 3.57. The van der Waals surface area contributed by atoms with E-state index >= 15 is 0 Å². The first-order valence-corrected chi connectivity index (χ1v) is 7.85. The Balaban J connectivity index is 1.81. The van der Waals surface area contributed by atoms with Gasteiger partial charge in [-0.25, -0.2) is 4.79 Å². The summed E-state index contributed by atoms with van der Waals surface area (Å²) >= 11 is 5.87. The second kappa shape index (κ2) is 7.23. The summed E-state index contributed by atoms with van der Waals surface area (Å²) in [6.45, 7) is -0.319. The summed E-state index contributed by atoms with van der Waals surface area (Å²) in [5.74, 6) is -1.35. The van der Waals surface area contributed by atoms with Crippen molar-refractivity contribution in [3.63, 3.8) is 0 Å². The molecule has 3 aromatic rings. The van der Waals surface area contributed by atoms with Gasteiger partial charge in [0.05, 0.1) is 0 Å². The van der Waals surface area contributed by atoms with Crippen LogP contribution in [-0.2, 0) is 4.79 Å². The quantitative estimate of drug-likeness (QED) is 0.718. The highest BCUT2D eigenvalue weighted by atomic mass is 35.5. The standard InChI is InChI=1S/C19H14ClNO4/c20-13-5-3-6-14(10-13)21-17(22)11-25-18-15-7-2-1-4-12(15)8-9-16(18)19(23)24/h1-10H,11H2,(H,21,22)(H,23,24). The normalized spacial score (nSPS) is 10.4. The van der Waals surface area contributed by atoms with Gasteiger partial charge in [-0.15, -0.1) is 0 Å². The van der Waals surface area contributed by atoms with Crippen LogP contribution in [0, 0.1) is 0 Å². The van der Waals surface area contributed by atoms with Crippen LogP contribution in [0.5, 0.6) is 5.75 Å². The monoisotopic (exact) mass is 355 g/mol. The van der Waals surface area contributed by atoms with E-state index in [2.05, 4.69) is 5.32 Å². The van der Waals surface area contributed by atoms with Gasteiger partial charge in [0.25, 0.3) is 5.91 Å². The molecule has 1 amide bonds. The molecule has 6 heteroatoms. The molecule has 0 fully saturated rings. The number of carboxylic acids is 1. The van der Waals surface area contributed by atoms with Crippen molar-refractivity contribution < 1.29 is 19.4 Å². The van der Waals surface area contributed by atoms with Crippen LogP contribution in [0.25, 0.3) is 10.8 Å². The molecule has 0 saturated heterocycles. The van der Waals surface area contributed by atoms with Gasteiger partial charge in [-0.2, -0.15) is 0 Å². The fraction of sp³-hybridized carbons (Fsp3) is 0.0526. The average molecular weight is 356 g/mol. The van der Waals surface area contributed by atoms with Crippen molar-refractivity contribution in [3.05, 3.63) is 71.2 Å². The maximum absolute atomic E-state index is 12.1. The Labute approximate surface area is 148 Å². The van der Waals surface area contributed by atoms with Crippen molar-refractivity contribution in [1.29, 1.82) is 0 Å².